The minimum Gasteiger partial charge on any atom is -0.399 e. The Kier molecular flexibility index (Phi) is 3.16. The maximum atomic E-state index is 5.79. The van der Waals surface area contributed by atoms with Crippen LogP contribution >= 0.6 is 22.6 Å². The number of nitrogens with zero attached hydrogens (tertiary/aromatic N) is 4. The molecule has 0 spiro atoms. The van der Waals surface area contributed by atoms with E-state index in [1.807, 2.05) is 30.5 Å². The number of rotatable bonds is 2. The summed E-state index contributed by atoms with van der Waals surface area (Å²) in [7, 11) is 0. The van der Waals surface area contributed by atoms with Crippen LogP contribution in [0.1, 0.15) is 0 Å². The van der Waals surface area contributed by atoms with Gasteiger partial charge < -0.3 is 5.73 Å². The summed E-state index contributed by atoms with van der Waals surface area (Å²) in [6.45, 7) is 0. The van der Waals surface area contributed by atoms with Crippen molar-refractivity contribution in [3.63, 3.8) is 0 Å². The zero-order valence-electron chi connectivity index (χ0n) is 9.86. The summed E-state index contributed by atoms with van der Waals surface area (Å²) >= 11 is 2.19. The van der Waals surface area contributed by atoms with Crippen molar-refractivity contribution in [2.24, 2.45) is 0 Å². The Morgan fingerprint density at radius 2 is 2.05 bits per heavy atom. The van der Waals surface area contributed by atoms with Gasteiger partial charge in [-0.1, -0.05) is 12.1 Å². The van der Waals surface area contributed by atoms with E-state index < -0.39 is 0 Å². The topological polar surface area (TPSA) is 69.6 Å². The third-order valence-corrected chi connectivity index (χ3v) is 3.43. The monoisotopic (exact) mass is 363 g/mol. The van der Waals surface area contributed by atoms with E-state index in [2.05, 4.69) is 37.7 Å². The molecule has 19 heavy (non-hydrogen) atoms. The second kappa shape index (κ2) is 4.96. The normalized spacial score (nSPS) is 10.6. The zero-order chi connectivity index (χ0) is 13.2. The molecule has 2 aromatic heterocycles. The highest BCUT2D eigenvalue weighted by molar-refractivity contribution is 14.1. The number of nitrogens with two attached hydrogens (primary N) is 1. The van der Waals surface area contributed by atoms with Gasteiger partial charge in [0.25, 0.3) is 0 Å². The van der Waals surface area contributed by atoms with E-state index in [1.54, 1.807) is 17.1 Å². The third-order valence-electron chi connectivity index (χ3n) is 2.67. The summed E-state index contributed by atoms with van der Waals surface area (Å²) in [5.41, 5.74) is 8.57. The van der Waals surface area contributed by atoms with Crippen LogP contribution in [0.25, 0.3) is 16.9 Å². The molecule has 0 bridgehead atoms. The Bertz CT molecular complexity index is 722. The fourth-order valence-electron chi connectivity index (χ4n) is 1.78. The van der Waals surface area contributed by atoms with Crippen molar-refractivity contribution < 1.29 is 0 Å². The lowest BCUT2D eigenvalue weighted by atomic mass is 10.1. The van der Waals surface area contributed by atoms with E-state index in [0.717, 1.165) is 26.2 Å². The van der Waals surface area contributed by atoms with Gasteiger partial charge in [0, 0.05) is 23.6 Å². The predicted octanol–water partition coefficient (Wildman–Crippen LogP) is 2.52. The largest absolute Gasteiger partial charge is 0.399 e. The van der Waals surface area contributed by atoms with Crippen LogP contribution in [0.3, 0.4) is 0 Å². The lowest BCUT2D eigenvalue weighted by Crippen LogP contribution is -2.00. The van der Waals surface area contributed by atoms with E-state index in [9.17, 15) is 0 Å². The van der Waals surface area contributed by atoms with Crippen molar-refractivity contribution in [3.05, 3.63) is 52.8 Å². The highest BCUT2D eigenvalue weighted by Crippen LogP contribution is 2.22. The number of hydrogen-bond donors (Lipinski definition) is 1. The maximum absolute atomic E-state index is 5.79. The first-order valence-corrected chi connectivity index (χ1v) is 6.68. The third kappa shape index (κ3) is 2.43. The van der Waals surface area contributed by atoms with Gasteiger partial charge in [0.2, 0.25) is 0 Å². The second-order valence-electron chi connectivity index (χ2n) is 3.99. The summed E-state index contributed by atoms with van der Waals surface area (Å²) in [5, 5.41) is 4.33. The van der Waals surface area contributed by atoms with Gasteiger partial charge >= 0.3 is 0 Å². The summed E-state index contributed by atoms with van der Waals surface area (Å²) < 4.78 is 2.68. The Hall–Kier alpha value is -1.96. The molecule has 2 heterocycles. The van der Waals surface area contributed by atoms with Crippen LogP contribution in [-0.2, 0) is 0 Å². The highest BCUT2D eigenvalue weighted by atomic mass is 127. The molecule has 0 aliphatic heterocycles. The van der Waals surface area contributed by atoms with Gasteiger partial charge in [-0.05, 0) is 40.3 Å². The van der Waals surface area contributed by atoms with Crippen LogP contribution in [0.4, 0.5) is 5.69 Å². The maximum Gasteiger partial charge on any atom is 0.169 e. The average molecular weight is 363 g/mol. The highest BCUT2D eigenvalue weighted by Gasteiger charge is 2.07. The van der Waals surface area contributed by atoms with Crippen molar-refractivity contribution in [1.82, 2.24) is 19.7 Å². The zero-order valence-corrected chi connectivity index (χ0v) is 12.0. The van der Waals surface area contributed by atoms with Crippen LogP contribution in [0.2, 0.25) is 0 Å². The Morgan fingerprint density at radius 3 is 2.84 bits per heavy atom. The summed E-state index contributed by atoms with van der Waals surface area (Å²) in [4.78, 5) is 8.20. The summed E-state index contributed by atoms with van der Waals surface area (Å²) in [6.07, 6.45) is 7.00. The number of nitrogen functional groups attached to an aromatic ring is 1. The molecule has 2 N–H and O–H groups in total. The molecule has 3 aromatic rings. The van der Waals surface area contributed by atoms with Crippen molar-refractivity contribution in [3.8, 4) is 16.9 Å². The van der Waals surface area contributed by atoms with Gasteiger partial charge in [0.05, 0.1) is 9.77 Å². The number of anilines is 1. The van der Waals surface area contributed by atoms with Crippen LogP contribution in [0.15, 0.2) is 49.2 Å². The SMILES string of the molecule is Nc1cccc(-c2cnn(-c3ncncc3I)c2)c1. The molecule has 0 fully saturated rings. The second-order valence-corrected chi connectivity index (χ2v) is 5.16. The standard InChI is InChI=1S/C13H10IN5/c14-12-6-16-8-17-13(12)19-7-10(5-18-19)9-2-1-3-11(15)4-9/h1-8H,15H2. The lowest BCUT2D eigenvalue weighted by Gasteiger charge is -2.01. The van der Waals surface area contributed by atoms with Crippen molar-refractivity contribution >= 4 is 28.3 Å². The molecular formula is C13H10IN5. The minimum absolute atomic E-state index is 0.738. The predicted molar refractivity (Wildman–Crippen MR) is 81.7 cm³/mol. The molecule has 3 rings (SSSR count). The molecule has 94 valence electrons. The van der Waals surface area contributed by atoms with E-state index >= 15 is 0 Å². The average Bonchev–Trinajstić information content (AvgIpc) is 2.89. The number of aromatic nitrogens is 4. The van der Waals surface area contributed by atoms with Crippen molar-refractivity contribution in [2.45, 2.75) is 0 Å². The molecule has 0 aliphatic carbocycles. The van der Waals surface area contributed by atoms with Crippen LogP contribution < -0.4 is 5.73 Å². The molecule has 0 atom stereocenters. The van der Waals surface area contributed by atoms with Gasteiger partial charge in [-0.25, -0.2) is 14.6 Å². The Morgan fingerprint density at radius 1 is 1.16 bits per heavy atom. The molecule has 0 unspecified atom stereocenters. The molecule has 0 radical (unpaired) electrons. The minimum atomic E-state index is 0.738. The molecule has 0 saturated heterocycles. The van der Waals surface area contributed by atoms with E-state index in [0.29, 0.717) is 0 Å². The van der Waals surface area contributed by atoms with Crippen LogP contribution in [-0.4, -0.2) is 19.7 Å². The van der Waals surface area contributed by atoms with Crippen LogP contribution in [0, 0.1) is 3.57 Å². The van der Waals surface area contributed by atoms with E-state index in [4.69, 9.17) is 5.73 Å². The molecule has 0 amide bonds. The quantitative estimate of drug-likeness (QED) is 0.561. The van der Waals surface area contributed by atoms with E-state index in [-0.39, 0.29) is 0 Å². The van der Waals surface area contributed by atoms with E-state index in [1.165, 1.54) is 6.33 Å². The Labute approximate surface area is 123 Å². The molecule has 6 heteroatoms. The van der Waals surface area contributed by atoms with Crippen molar-refractivity contribution in [1.29, 1.82) is 0 Å². The fourth-order valence-corrected chi connectivity index (χ4v) is 2.33. The number of hydrogen-bond acceptors (Lipinski definition) is 4. The van der Waals surface area contributed by atoms with Gasteiger partial charge in [-0.3, -0.25) is 0 Å². The molecule has 0 saturated carbocycles. The molecule has 1 aromatic carbocycles. The fraction of sp³-hybridized carbons (Fsp3) is 0. The number of benzene rings is 1. The molecule has 0 aliphatic rings. The first-order chi connectivity index (χ1) is 9.24. The van der Waals surface area contributed by atoms with Gasteiger partial charge in [0.15, 0.2) is 5.82 Å². The summed E-state index contributed by atoms with van der Waals surface area (Å²) in [6, 6.07) is 7.71. The first kappa shape index (κ1) is 12.1. The molecular weight excluding hydrogens is 353 g/mol. The van der Waals surface area contributed by atoms with Crippen molar-refractivity contribution in [2.75, 3.05) is 5.73 Å². The van der Waals surface area contributed by atoms with Gasteiger partial charge in [-0.15, -0.1) is 0 Å². The Balaban J connectivity index is 2.03. The number of halogens is 1. The lowest BCUT2D eigenvalue weighted by molar-refractivity contribution is 0.832. The smallest absolute Gasteiger partial charge is 0.169 e. The van der Waals surface area contributed by atoms with Crippen LogP contribution in [0.5, 0.6) is 0 Å². The first-order valence-electron chi connectivity index (χ1n) is 5.60. The van der Waals surface area contributed by atoms with Gasteiger partial charge in [0.1, 0.15) is 6.33 Å². The molecule has 5 nitrogen and oxygen atoms in total. The summed E-state index contributed by atoms with van der Waals surface area (Å²) in [5.74, 6) is 0.769. The van der Waals surface area contributed by atoms with Gasteiger partial charge in [-0.2, -0.15) is 5.10 Å².